The summed E-state index contributed by atoms with van der Waals surface area (Å²) in [5, 5.41) is 14.3. The van der Waals surface area contributed by atoms with Crippen molar-refractivity contribution in [1.29, 1.82) is 0 Å². The second kappa shape index (κ2) is 7.25. The Bertz CT molecular complexity index is 1710. The minimum absolute atomic E-state index is 0.147. The molecule has 2 aromatic heterocycles. The van der Waals surface area contributed by atoms with Crippen LogP contribution in [0.1, 0.15) is 17.3 Å². The lowest BCUT2D eigenvalue weighted by Gasteiger charge is -2.31. The van der Waals surface area contributed by atoms with Gasteiger partial charge in [-0.2, -0.15) is 0 Å². The van der Waals surface area contributed by atoms with E-state index in [9.17, 15) is 14.7 Å². The van der Waals surface area contributed by atoms with Crippen molar-refractivity contribution in [3.05, 3.63) is 111 Å². The Labute approximate surface area is 194 Å². The van der Waals surface area contributed by atoms with Crippen LogP contribution in [0.25, 0.3) is 27.8 Å². The summed E-state index contributed by atoms with van der Waals surface area (Å²) in [5.74, 6) is 0.147. The number of phenolic OH excluding ortho intramolecular Hbond substituents is 1. The highest BCUT2D eigenvalue weighted by molar-refractivity contribution is 5.99. The van der Waals surface area contributed by atoms with Gasteiger partial charge in [-0.3, -0.25) is 13.9 Å². The second-order valence-electron chi connectivity index (χ2n) is 8.55. The van der Waals surface area contributed by atoms with Gasteiger partial charge in [0.1, 0.15) is 5.75 Å². The first-order valence-electron chi connectivity index (χ1n) is 11.0. The molecule has 0 fully saturated rings. The van der Waals surface area contributed by atoms with Gasteiger partial charge >= 0.3 is 5.69 Å². The normalized spacial score (nSPS) is 14.5. The maximum atomic E-state index is 13.6. The molecule has 6 rings (SSSR count). The maximum absolute atomic E-state index is 13.6. The predicted octanol–water partition coefficient (Wildman–Crippen LogP) is 3.92. The Kier molecular flexibility index (Phi) is 4.29. The van der Waals surface area contributed by atoms with Gasteiger partial charge in [0.15, 0.2) is 0 Å². The molecule has 3 aromatic carbocycles. The zero-order valence-electron chi connectivity index (χ0n) is 18.7. The van der Waals surface area contributed by atoms with Crippen molar-refractivity contribution < 1.29 is 5.11 Å². The third-order valence-electron chi connectivity index (χ3n) is 6.58. The number of hydrogen-bond donors (Lipinski definition) is 2. The summed E-state index contributed by atoms with van der Waals surface area (Å²) < 4.78 is 4.78. The van der Waals surface area contributed by atoms with Gasteiger partial charge in [-0.05, 0) is 35.4 Å². The number of para-hydroxylation sites is 2. The van der Waals surface area contributed by atoms with Gasteiger partial charge in [-0.1, -0.05) is 54.6 Å². The van der Waals surface area contributed by atoms with Crippen LogP contribution >= 0.6 is 0 Å². The van der Waals surface area contributed by atoms with Crippen molar-refractivity contribution in [3.8, 4) is 22.7 Å². The number of phenols is 1. The van der Waals surface area contributed by atoms with E-state index in [0.717, 1.165) is 38.5 Å². The first kappa shape index (κ1) is 20.1. The van der Waals surface area contributed by atoms with Crippen molar-refractivity contribution >= 4 is 16.6 Å². The number of hydrogen-bond acceptors (Lipinski definition) is 4. The molecule has 1 atom stereocenters. The minimum atomic E-state index is -0.403. The highest BCUT2D eigenvalue weighted by Gasteiger charge is 2.34. The van der Waals surface area contributed by atoms with Crippen LogP contribution in [0.4, 0.5) is 5.69 Å². The van der Waals surface area contributed by atoms with Crippen LogP contribution in [0, 0.1) is 0 Å². The van der Waals surface area contributed by atoms with Gasteiger partial charge in [0, 0.05) is 14.1 Å². The topological polar surface area (TPSA) is 81.2 Å². The second-order valence-corrected chi connectivity index (χ2v) is 8.55. The molecule has 0 bridgehead atoms. The molecule has 7 nitrogen and oxygen atoms in total. The highest BCUT2D eigenvalue weighted by Crippen LogP contribution is 2.45. The molecule has 0 radical (unpaired) electrons. The Hall–Kier alpha value is -4.52. The van der Waals surface area contributed by atoms with Crippen LogP contribution in [-0.2, 0) is 14.1 Å². The number of aromatic hydroxyl groups is 1. The fourth-order valence-electron chi connectivity index (χ4n) is 5.04. The number of aromatic nitrogens is 3. The van der Waals surface area contributed by atoms with Gasteiger partial charge in [0.05, 0.1) is 39.7 Å². The molecule has 1 unspecified atom stereocenters. The van der Waals surface area contributed by atoms with Crippen LogP contribution in [-0.4, -0.2) is 18.8 Å². The van der Waals surface area contributed by atoms with E-state index >= 15 is 0 Å². The van der Waals surface area contributed by atoms with E-state index < -0.39 is 6.04 Å². The lowest BCUT2D eigenvalue weighted by Crippen LogP contribution is -2.37. The summed E-state index contributed by atoms with van der Waals surface area (Å²) >= 11 is 0. The van der Waals surface area contributed by atoms with Crippen molar-refractivity contribution in [2.24, 2.45) is 14.1 Å². The van der Waals surface area contributed by atoms with Crippen LogP contribution in [0.5, 0.6) is 5.75 Å². The largest absolute Gasteiger partial charge is 0.508 e. The number of nitrogens with one attached hydrogen (secondary N) is 1. The molecule has 0 spiro atoms. The summed E-state index contributed by atoms with van der Waals surface area (Å²) in [4.78, 5) is 26.6. The van der Waals surface area contributed by atoms with E-state index in [2.05, 4.69) is 9.88 Å². The average molecular weight is 450 g/mol. The molecule has 34 heavy (non-hydrogen) atoms. The molecule has 2 N–H and O–H groups in total. The fraction of sp³-hybridized carbons (Fsp3) is 0.111. The summed E-state index contributed by atoms with van der Waals surface area (Å²) in [6.07, 6.45) is 0. The predicted molar refractivity (Wildman–Crippen MR) is 133 cm³/mol. The zero-order valence-corrected chi connectivity index (χ0v) is 18.7. The lowest BCUT2D eigenvalue weighted by molar-refractivity contribution is 0.474. The number of anilines is 1. The maximum Gasteiger partial charge on any atom is 0.331 e. The van der Waals surface area contributed by atoms with Crippen LogP contribution in [0.15, 0.2) is 88.5 Å². The molecule has 5 aromatic rings. The Balaban J connectivity index is 1.87. The Morgan fingerprint density at radius 2 is 1.59 bits per heavy atom. The molecule has 0 saturated carbocycles. The van der Waals surface area contributed by atoms with E-state index in [1.807, 2.05) is 60.7 Å². The summed E-state index contributed by atoms with van der Waals surface area (Å²) in [6, 6.07) is 24.3. The molecule has 0 aliphatic carbocycles. The van der Waals surface area contributed by atoms with E-state index in [4.69, 9.17) is 0 Å². The SMILES string of the molecule is Cn1c(=O)c2c(-c3ccccc3)n3c(c2n(C)c1=O)C(c1cccc(O)c1)Nc1ccccc1-3. The number of aryl methyl sites for hydroxylation is 1. The monoisotopic (exact) mass is 450 g/mol. The fourth-order valence-corrected chi connectivity index (χ4v) is 5.04. The number of rotatable bonds is 2. The van der Waals surface area contributed by atoms with Crippen LogP contribution < -0.4 is 16.6 Å². The summed E-state index contributed by atoms with van der Waals surface area (Å²) in [6.45, 7) is 0. The van der Waals surface area contributed by atoms with E-state index in [0.29, 0.717) is 10.9 Å². The molecule has 1 aliphatic rings. The smallest absolute Gasteiger partial charge is 0.331 e. The Morgan fingerprint density at radius 1 is 0.853 bits per heavy atom. The molecular weight excluding hydrogens is 428 g/mol. The van der Waals surface area contributed by atoms with Gasteiger partial charge < -0.3 is 15.0 Å². The molecule has 3 heterocycles. The molecule has 168 valence electrons. The Morgan fingerprint density at radius 3 is 2.35 bits per heavy atom. The van der Waals surface area contributed by atoms with E-state index in [-0.39, 0.29) is 17.0 Å². The van der Waals surface area contributed by atoms with Crippen molar-refractivity contribution in [2.45, 2.75) is 6.04 Å². The molecular formula is C27H22N4O3. The molecule has 0 saturated heterocycles. The summed E-state index contributed by atoms with van der Waals surface area (Å²) in [5.41, 5.74) is 4.83. The van der Waals surface area contributed by atoms with Gasteiger partial charge in [0.25, 0.3) is 5.56 Å². The average Bonchev–Trinajstić information content (AvgIpc) is 3.23. The standard InChI is InChI=1S/C27H22N4O3/c1-29-24-21(26(33)30(2)27(29)34)23(16-9-4-3-5-10-16)31-20-14-7-6-13-19(20)28-22(25(24)31)17-11-8-12-18(32)15-17/h3-15,22,28,32H,1-2H3. The van der Waals surface area contributed by atoms with Crippen LogP contribution in [0.2, 0.25) is 0 Å². The number of fused-ring (bicyclic) bond motifs is 5. The van der Waals surface area contributed by atoms with Gasteiger partial charge in [-0.15, -0.1) is 0 Å². The van der Waals surface area contributed by atoms with E-state index in [1.165, 1.54) is 7.05 Å². The van der Waals surface area contributed by atoms with Crippen LogP contribution in [0.3, 0.4) is 0 Å². The first-order chi connectivity index (χ1) is 16.5. The third-order valence-corrected chi connectivity index (χ3v) is 6.58. The van der Waals surface area contributed by atoms with Crippen molar-refractivity contribution in [1.82, 2.24) is 13.7 Å². The number of benzene rings is 3. The highest BCUT2D eigenvalue weighted by atomic mass is 16.3. The zero-order chi connectivity index (χ0) is 23.6. The quantitative estimate of drug-likeness (QED) is 0.427. The molecule has 0 amide bonds. The minimum Gasteiger partial charge on any atom is -0.508 e. The lowest BCUT2D eigenvalue weighted by atomic mass is 9.99. The summed E-state index contributed by atoms with van der Waals surface area (Å²) in [7, 11) is 3.20. The van der Waals surface area contributed by atoms with E-state index in [1.54, 1.807) is 29.8 Å². The first-order valence-corrected chi connectivity index (χ1v) is 11.0. The molecule has 1 aliphatic heterocycles. The molecule has 7 heteroatoms. The third kappa shape index (κ3) is 2.70. The number of nitrogens with zero attached hydrogens (tertiary/aromatic N) is 3. The van der Waals surface area contributed by atoms with Gasteiger partial charge in [-0.25, -0.2) is 4.79 Å². The van der Waals surface area contributed by atoms with Crippen molar-refractivity contribution in [2.75, 3.05) is 5.32 Å². The van der Waals surface area contributed by atoms with Gasteiger partial charge in [0.2, 0.25) is 0 Å². The van der Waals surface area contributed by atoms with Crippen molar-refractivity contribution in [3.63, 3.8) is 0 Å².